The van der Waals surface area contributed by atoms with Crippen molar-refractivity contribution >= 4 is 0 Å². The molecule has 0 heterocycles. The van der Waals surface area contributed by atoms with E-state index in [-0.39, 0.29) is 48.1 Å². The van der Waals surface area contributed by atoms with Crippen LogP contribution < -0.4 is 45.9 Å². The number of benzene rings is 8. The van der Waals surface area contributed by atoms with E-state index < -0.39 is 11.1 Å². The molecule has 6 atom stereocenters. The molecule has 8 nitrogen and oxygen atoms in total. The summed E-state index contributed by atoms with van der Waals surface area (Å²) >= 11 is 0. The Morgan fingerprint density at radius 3 is 0.693 bits per heavy atom. The highest BCUT2D eigenvalue weighted by Gasteiger charge is 2.39. The van der Waals surface area contributed by atoms with E-state index in [1.807, 2.05) is 121 Å². The molecule has 0 fully saturated rings. The Hall–Kier alpha value is -6.56. The van der Waals surface area contributed by atoms with Gasteiger partial charge in [-0.25, -0.2) is 0 Å². The molecule has 394 valence electrons. The summed E-state index contributed by atoms with van der Waals surface area (Å²) in [7, 11) is 0. The molecule has 0 aliphatic rings. The van der Waals surface area contributed by atoms with Gasteiger partial charge < -0.3 is 45.9 Å². The molecule has 0 aromatic heterocycles. The molecule has 0 aliphatic carbocycles. The molecule has 0 amide bonds. The topological polar surface area (TPSA) is 208 Å². The number of rotatable bonds is 15. The second-order valence-corrected chi connectivity index (χ2v) is 20.9. The second-order valence-electron chi connectivity index (χ2n) is 20.9. The van der Waals surface area contributed by atoms with E-state index in [1.54, 1.807) is 0 Å². The Morgan fingerprint density at radius 2 is 0.493 bits per heavy atom. The van der Waals surface area contributed by atoms with Crippen LogP contribution in [0.1, 0.15) is 125 Å². The first kappa shape index (κ1) is 59.3. The summed E-state index contributed by atoms with van der Waals surface area (Å²) in [5.74, 6) is 0.579. The maximum atomic E-state index is 6.86. The summed E-state index contributed by atoms with van der Waals surface area (Å²) in [6.07, 6.45) is 0.758. The van der Waals surface area contributed by atoms with Crippen molar-refractivity contribution in [2.75, 3.05) is 0 Å². The van der Waals surface area contributed by atoms with Crippen molar-refractivity contribution in [3.63, 3.8) is 0 Å². The molecule has 0 radical (unpaired) electrons. The molecule has 75 heavy (non-hydrogen) atoms. The quantitative estimate of drug-likeness (QED) is 0.0494. The monoisotopic (exact) mass is 1000 g/mol. The number of hydrogen-bond acceptors (Lipinski definition) is 8. The average molecular weight is 1000 g/mol. The Labute approximate surface area is 450 Å². The van der Waals surface area contributed by atoms with Crippen molar-refractivity contribution in [2.45, 2.75) is 109 Å². The van der Waals surface area contributed by atoms with Crippen molar-refractivity contribution in [3.8, 4) is 0 Å². The Balaban J connectivity index is 0.000000186. The Bertz CT molecular complexity index is 2530. The molecule has 0 unspecified atom stereocenters. The first-order valence-electron chi connectivity index (χ1n) is 26.4. The lowest BCUT2D eigenvalue weighted by Crippen LogP contribution is -2.55. The largest absolute Gasteiger partial charge is 0.325 e. The maximum Gasteiger partial charge on any atom is 0.0821 e. The summed E-state index contributed by atoms with van der Waals surface area (Å²) in [4.78, 5) is 0. The number of nitrogens with two attached hydrogens (primary N) is 8. The highest BCUT2D eigenvalue weighted by Crippen LogP contribution is 2.35. The third-order valence-electron chi connectivity index (χ3n) is 14.3. The fourth-order valence-corrected chi connectivity index (χ4v) is 9.18. The third kappa shape index (κ3) is 16.2. The molecule has 8 heteroatoms. The lowest BCUT2D eigenvalue weighted by molar-refractivity contribution is 0.337. The zero-order valence-electron chi connectivity index (χ0n) is 45.7. The standard InChI is InChI=1S/2C19H26N2.C15H18N2.C14H16N2/c2*1-13(2)18(20)19(21,16-9-5-14(3)6-10-16)17-11-7-15(4)8-12-17;16-14(12-7-3-1-4-8-12)11-15(17)13-9-5-2-6-10-13;15-13(11-7-3-1-4-8-11)14(16)12-9-5-2-6-10-12/h2*5-13,18H,20-21H2,1-4H3;1-10,14-15H,11,16-17H2;1-10,13-14H,15-16H2/t2*18-;14-,15-;13-,14-/m1010/s1. The van der Waals surface area contributed by atoms with Gasteiger partial charge in [0, 0.05) is 36.3 Å². The molecular weight excluding hydrogens is 917 g/mol. The van der Waals surface area contributed by atoms with E-state index in [4.69, 9.17) is 45.9 Å². The number of aryl methyl sites for hydroxylation is 4. The molecule has 0 spiro atoms. The first-order chi connectivity index (χ1) is 35.8. The zero-order chi connectivity index (χ0) is 54.7. The van der Waals surface area contributed by atoms with Gasteiger partial charge in [0.15, 0.2) is 0 Å². The van der Waals surface area contributed by atoms with Gasteiger partial charge in [0.25, 0.3) is 0 Å². The van der Waals surface area contributed by atoms with Gasteiger partial charge in [-0.1, -0.05) is 268 Å². The van der Waals surface area contributed by atoms with Crippen molar-refractivity contribution in [2.24, 2.45) is 57.7 Å². The van der Waals surface area contributed by atoms with Gasteiger partial charge in [0.2, 0.25) is 0 Å². The van der Waals surface area contributed by atoms with Gasteiger partial charge in [-0.15, -0.1) is 0 Å². The molecule has 8 rings (SSSR count). The fourth-order valence-electron chi connectivity index (χ4n) is 9.18. The smallest absolute Gasteiger partial charge is 0.0821 e. The van der Waals surface area contributed by atoms with Crippen LogP contribution in [0.4, 0.5) is 0 Å². The third-order valence-corrected chi connectivity index (χ3v) is 14.3. The van der Waals surface area contributed by atoms with Gasteiger partial charge in [0.1, 0.15) is 0 Å². The van der Waals surface area contributed by atoms with Crippen LogP contribution in [0, 0.1) is 39.5 Å². The van der Waals surface area contributed by atoms with Gasteiger partial charge in [0.05, 0.1) is 11.1 Å². The average Bonchev–Trinajstić information content (AvgIpc) is 3.44. The van der Waals surface area contributed by atoms with Crippen LogP contribution in [-0.2, 0) is 11.1 Å². The van der Waals surface area contributed by atoms with E-state index in [1.165, 1.54) is 22.3 Å². The molecule has 8 aromatic carbocycles. The fraction of sp³-hybridized carbons (Fsp3) is 0.284. The lowest BCUT2D eigenvalue weighted by Gasteiger charge is -2.39. The molecule has 0 aliphatic heterocycles. The van der Waals surface area contributed by atoms with Gasteiger partial charge in [-0.05, 0) is 90.5 Å². The maximum absolute atomic E-state index is 6.86. The summed E-state index contributed by atoms with van der Waals surface area (Å²) in [5, 5.41) is 0. The summed E-state index contributed by atoms with van der Waals surface area (Å²) < 4.78 is 0. The van der Waals surface area contributed by atoms with Gasteiger partial charge in [-0.2, -0.15) is 0 Å². The van der Waals surface area contributed by atoms with Crippen LogP contribution in [0.5, 0.6) is 0 Å². The minimum Gasteiger partial charge on any atom is -0.325 e. The molecule has 0 saturated heterocycles. The lowest BCUT2D eigenvalue weighted by atomic mass is 9.74. The highest BCUT2D eigenvalue weighted by molar-refractivity contribution is 5.44. The van der Waals surface area contributed by atoms with Crippen molar-refractivity contribution in [1.82, 2.24) is 0 Å². The molecule has 0 saturated carbocycles. The Kier molecular flexibility index (Phi) is 22.4. The van der Waals surface area contributed by atoms with E-state index in [9.17, 15) is 0 Å². The molecule has 0 bridgehead atoms. The minimum absolute atomic E-state index is 0.00796. The van der Waals surface area contributed by atoms with Crippen LogP contribution in [0.25, 0.3) is 0 Å². The molecule has 8 aromatic rings. The van der Waals surface area contributed by atoms with E-state index in [0.29, 0.717) is 0 Å². The summed E-state index contributed by atoms with van der Waals surface area (Å²) in [5.41, 5.74) is 63.6. The van der Waals surface area contributed by atoms with Gasteiger partial charge >= 0.3 is 0 Å². The van der Waals surface area contributed by atoms with Gasteiger partial charge in [-0.3, -0.25) is 0 Å². The zero-order valence-corrected chi connectivity index (χ0v) is 45.7. The number of hydrogen-bond donors (Lipinski definition) is 8. The normalized spacial score (nSPS) is 13.8. The molecular formula is C67H86N8. The summed E-state index contributed by atoms with van der Waals surface area (Å²) in [6.45, 7) is 16.8. The van der Waals surface area contributed by atoms with Crippen LogP contribution >= 0.6 is 0 Å². The predicted molar refractivity (Wildman–Crippen MR) is 318 cm³/mol. The van der Waals surface area contributed by atoms with Crippen LogP contribution in [-0.4, -0.2) is 12.1 Å². The second kappa shape index (κ2) is 28.4. The SMILES string of the molecule is Cc1ccc(C(N)(c2ccc(C)cc2)[C@@H](N)C(C)C)cc1.Cc1ccc(C(N)(c2ccc(C)cc2)[C@H](N)C(C)C)cc1.N[C@@H](c1ccccc1)[C@@H](N)c1ccccc1.N[C@H](C[C@@H](N)c1ccccc1)c1ccccc1. The van der Waals surface area contributed by atoms with E-state index >= 15 is 0 Å². The molecule has 16 N–H and O–H groups in total. The minimum atomic E-state index is -0.671. The van der Waals surface area contributed by atoms with Crippen LogP contribution in [0.3, 0.4) is 0 Å². The summed E-state index contributed by atoms with van der Waals surface area (Å²) in [6, 6.07) is 73.0. The predicted octanol–water partition coefficient (Wildman–Crippen LogP) is 12.1. The highest BCUT2D eigenvalue weighted by atomic mass is 14.9. The van der Waals surface area contributed by atoms with Crippen molar-refractivity contribution < 1.29 is 0 Å². The van der Waals surface area contributed by atoms with Crippen molar-refractivity contribution in [3.05, 3.63) is 285 Å². The van der Waals surface area contributed by atoms with E-state index in [0.717, 1.165) is 50.9 Å². The first-order valence-corrected chi connectivity index (χ1v) is 26.4. The van der Waals surface area contributed by atoms with E-state index in [2.05, 4.69) is 152 Å². The van der Waals surface area contributed by atoms with Crippen molar-refractivity contribution in [1.29, 1.82) is 0 Å². The van der Waals surface area contributed by atoms with Crippen LogP contribution in [0.15, 0.2) is 218 Å². The van der Waals surface area contributed by atoms with Crippen LogP contribution in [0.2, 0.25) is 0 Å². The Morgan fingerprint density at radius 1 is 0.293 bits per heavy atom.